The van der Waals surface area contributed by atoms with Crippen LogP contribution in [-0.4, -0.2) is 28.3 Å². The zero-order chi connectivity index (χ0) is 36.0. The van der Waals surface area contributed by atoms with Crippen LogP contribution in [0.1, 0.15) is 86.7 Å². The van der Waals surface area contributed by atoms with E-state index in [2.05, 4.69) is 69.1 Å². The number of halogens is 2. The standard InChI is InChI=1S/C41H42Cl2N4O3/c1-39(2,3)21-41(7,40(4,5)6)22-50-20-24-12-15-26(16-13-24)46-32-19-31(47-38(49)29-18-25(42)14-17-30(29)43)33-34-35(44-23-45-36(32)34)27-10-8-9-11-28(27)37(33)48/h8-19,23,46H,20-22H2,1-7H3,(H,47,49). The minimum atomic E-state index is -0.501. The number of rotatable bonds is 9. The zero-order valence-corrected chi connectivity index (χ0v) is 31.0. The molecule has 1 heterocycles. The van der Waals surface area contributed by atoms with E-state index in [1.807, 2.05) is 42.5 Å². The molecular formula is C41H42Cl2N4O3. The van der Waals surface area contributed by atoms with E-state index in [1.165, 1.54) is 12.4 Å². The highest BCUT2D eigenvalue weighted by Crippen LogP contribution is 2.47. The molecule has 0 saturated carbocycles. The molecule has 50 heavy (non-hydrogen) atoms. The van der Waals surface area contributed by atoms with Crippen LogP contribution in [0.5, 0.6) is 0 Å². The molecule has 0 fully saturated rings. The Hall–Kier alpha value is -4.30. The van der Waals surface area contributed by atoms with Crippen LogP contribution in [0.2, 0.25) is 10.0 Å². The largest absolute Gasteiger partial charge is 0.376 e. The Bertz CT molecular complexity index is 2120. The molecule has 0 saturated heterocycles. The predicted octanol–water partition coefficient (Wildman–Crippen LogP) is 11.1. The van der Waals surface area contributed by atoms with Gasteiger partial charge in [-0.25, -0.2) is 9.97 Å². The van der Waals surface area contributed by atoms with Crippen LogP contribution in [0.4, 0.5) is 17.1 Å². The molecule has 1 aliphatic rings. The number of aromatic nitrogens is 2. The van der Waals surface area contributed by atoms with Gasteiger partial charge in [0.2, 0.25) is 0 Å². The number of fused-ring (bicyclic) bond motifs is 2. The molecule has 6 rings (SSSR count). The molecule has 1 unspecified atom stereocenters. The van der Waals surface area contributed by atoms with Gasteiger partial charge in [0, 0.05) is 27.2 Å². The van der Waals surface area contributed by atoms with Gasteiger partial charge in [-0.3, -0.25) is 9.59 Å². The molecule has 0 spiro atoms. The average Bonchev–Trinajstić information content (AvgIpc) is 3.04. The molecule has 7 nitrogen and oxygen atoms in total. The molecule has 9 heteroatoms. The van der Waals surface area contributed by atoms with Crippen molar-refractivity contribution in [1.29, 1.82) is 0 Å². The normalized spacial score (nSPS) is 13.9. The van der Waals surface area contributed by atoms with Crippen molar-refractivity contribution in [1.82, 2.24) is 9.97 Å². The number of anilines is 3. The number of hydrogen-bond acceptors (Lipinski definition) is 6. The summed E-state index contributed by atoms with van der Waals surface area (Å²) in [5, 5.41) is 7.57. The number of ketones is 1. The van der Waals surface area contributed by atoms with Crippen LogP contribution < -0.4 is 10.6 Å². The van der Waals surface area contributed by atoms with Crippen molar-refractivity contribution in [2.24, 2.45) is 16.2 Å². The predicted molar refractivity (Wildman–Crippen MR) is 204 cm³/mol. The maximum Gasteiger partial charge on any atom is 0.257 e. The maximum absolute atomic E-state index is 14.0. The van der Waals surface area contributed by atoms with Crippen molar-refractivity contribution in [3.63, 3.8) is 0 Å². The van der Waals surface area contributed by atoms with Gasteiger partial charge in [-0.15, -0.1) is 0 Å². The van der Waals surface area contributed by atoms with Crippen molar-refractivity contribution < 1.29 is 14.3 Å². The first-order chi connectivity index (χ1) is 23.5. The van der Waals surface area contributed by atoms with Gasteiger partial charge in [0.1, 0.15) is 6.33 Å². The van der Waals surface area contributed by atoms with Crippen LogP contribution in [0.15, 0.2) is 79.1 Å². The Kier molecular flexibility index (Phi) is 9.55. The van der Waals surface area contributed by atoms with Gasteiger partial charge in [-0.05, 0) is 64.6 Å². The number of carbonyl (C=O) groups excluding carboxylic acids is 2. The van der Waals surface area contributed by atoms with Gasteiger partial charge in [-0.1, -0.05) is 108 Å². The topological polar surface area (TPSA) is 93.2 Å². The first-order valence-corrected chi connectivity index (χ1v) is 17.5. The quantitative estimate of drug-likeness (QED) is 0.155. The number of nitrogens with zero attached hydrogens (tertiary/aromatic N) is 2. The fraction of sp³-hybridized carbons (Fsp3) is 0.317. The smallest absolute Gasteiger partial charge is 0.257 e. The Labute approximate surface area is 303 Å². The van der Waals surface area contributed by atoms with E-state index >= 15 is 0 Å². The third-order valence-electron chi connectivity index (χ3n) is 9.64. The Morgan fingerprint density at radius 3 is 2.22 bits per heavy atom. The highest BCUT2D eigenvalue weighted by Gasteiger charge is 2.40. The van der Waals surface area contributed by atoms with E-state index in [-0.39, 0.29) is 32.6 Å². The van der Waals surface area contributed by atoms with Gasteiger partial charge < -0.3 is 15.4 Å². The number of nitrogens with one attached hydrogen (secondary N) is 2. The molecule has 4 aromatic carbocycles. The van der Waals surface area contributed by atoms with E-state index in [9.17, 15) is 9.59 Å². The molecule has 1 atom stereocenters. The van der Waals surface area contributed by atoms with Gasteiger partial charge >= 0.3 is 0 Å². The van der Waals surface area contributed by atoms with Crippen molar-refractivity contribution >= 4 is 62.9 Å². The SMILES string of the molecule is CC(C)(C)CC(C)(COCc1ccc(Nc2cc(NC(=O)c3cc(Cl)ccc3Cl)c3c4c(ncnc24)-c2ccccc2C3=O)cc1)C(C)(C)C. The minimum absolute atomic E-state index is 0.0103. The molecule has 1 amide bonds. The lowest BCUT2D eigenvalue weighted by Gasteiger charge is -2.45. The third-order valence-corrected chi connectivity index (χ3v) is 10.2. The molecule has 1 aliphatic carbocycles. The summed E-state index contributed by atoms with van der Waals surface area (Å²) >= 11 is 12.6. The lowest BCUT2D eigenvalue weighted by Crippen LogP contribution is -2.40. The molecule has 2 N–H and O–H groups in total. The van der Waals surface area contributed by atoms with E-state index in [0.717, 1.165) is 17.7 Å². The zero-order valence-electron chi connectivity index (χ0n) is 29.5. The van der Waals surface area contributed by atoms with Crippen LogP contribution in [0.25, 0.3) is 22.2 Å². The second kappa shape index (κ2) is 13.4. The van der Waals surface area contributed by atoms with Crippen molar-refractivity contribution in [3.05, 3.63) is 111 Å². The maximum atomic E-state index is 14.0. The summed E-state index contributed by atoms with van der Waals surface area (Å²) in [6.45, 7) is 17.2. The highest BCUT2D eigenvalue weighted by molar-refractivity contribution is 6.37. The van der Waals surface area contributed by atoms with Crippen LogP contribution in [0, 0.1) is 16.2 Å². The number of hydrogen-bond donors (Lipinski definition) is 2. The molecule has 0 bridgehead atoms. The summed E-state index contributed by atoms with van der Waals surface area (Å²) < 4.78 is 6.33. The van der Waals surface area contributed by atoms with E-state index in [0.29, 0.717) is 62.9 Å². The second-order valence-corrected chi connectivity index (χ2v) is 16.5. The summed E-state index contributed by atoms with van der Waals surface area (Å²) in [5.41, 5.74) is 5.91. The minimum Gasteiger partial charge on any atom is -0.376 e. The van der Waals surface area contributed by atoms with Crippen LogP contribution >= 0.6 is 23.2 Å². The highest BCUT2D eigenvalue weighted by atomic mass is 35.5. The van der Waals surface area contributed by atoms with Gasteiger partial charge in [0.25, 0.3) is 5.91 Å². The number of amides is 1. The average molecular weight is 710 g/mol. The van der Waals surface area contributed by atoms with Crippen molar-refractivity contribution in [2.75, 3.05) is 17.2 Å². The van der Waals surface area contributed by atoms with Crippen LogP contribution in [0.3, 0.4) is 0 Å². The molecule has 5 aromatic rings. The van der Waals surface area contributed by atoms with E-state index in [1.54, 1.807) is 24.3 Å². The molecular weight excluding hydrogens is 667 g/mol. The first kappa shape index (κ1) is 35.5. The van der Waals surface area contributed by atoms with Crippen LogP contribution in [-0.2, 0) is 11.3 Å². The molecule has 0 radical (unpaired) electrons. The Morgan fingerprint density at radius 2 is 1.54 bits per heavy atom. The van der Waals surface area contributed by atoms with Gasteiger partial charge in [0.05, 0.1) is 51.9 Å². The summed E-state index contributed by atoms with van der Waals surface area (Å²) in [5.74, 6) is -0.736. The molecule has 1 aromatic heterocycles. The molecule has 258 valence electrons. The van der Waals surface area contributed by atoms with Gasteiger partial charge in [-0.2, -0.15) is 0 Å². The number of carbonyl (C=O) groups is 2. The van der Waals surface area contributed by atoms with E-state index < -0.39 is 5.91 Å². The summed E-state index contributed by atoms with van der Waals surface area (Å²) in [6, 6.07) is 21.7. The first-order valence-electron chi connectivity index (χ1n) is 16.7. The third kappa shape index (κ3) is 7.13. The number of ether oxygens (including phenoxy) is 1. The Morgan fingerprint density at radius 1 is 0.840 bits per heavy atom. The summed E-state index contributed by atoms with van der Waals surface area (Å²) in [6.07, 6.45) is 2.55. The van der Waals surface area contributed by atoms with Crippen molar-refractivity contribution in [2.45, 2.75) is 61.5 Å². The second-order valence-electron chi connectivity index (χ2n) is 15.6. The monoisotopic (exact) mass is 708 g/mol. The summed E-state index contributed by atoms with van der Waals surface area (Å²) in [4.78, 5) is 36.9. The van der Waals surface area contributed by atoms with Gasteiger partial charge in [0.15, 0.2) is 5.78 Å². The fourth-order valence-corrected chi connectivity index (χ4v) is 7.08. The Balaban J connectivity index is 1.32. The summed E-state index contributed by atoms with van der Waals surface area (Å²) in [7, 11) is 0. The lowest BCUT2D eigenvalue weighted by molar-refractivity contribution is -0.0440. The molecule has 0 aliphatic heterocycles. The van der Waals surface area contributed by atoms with Crippen molar-refractivity contribution in [3.8, 4) is 11.3 Å². The van der Waals surface area contributed by atoms with E-state index in [4.69, 9.17) is 27.9 Å². The lowest BCUT2D eigenvalue weighted by atomic mass is 9.62. The fourth-order valence-electron chi connectivity index (χ4n) is 6.70. The number of benzene rings is 4.